The first-order valence-electron chi connectivity index (χ1n) is 9.21. The minimum atomic E-state index is 0.114. The van der Waals surface area contributed by atoms with Crippen LogP contribution in [-0.2, 0) is 6.54 Å². The summed E-state index contributed by atoms with van der Waals surface area (Å²) in [4.78, 5) is 19.6. The van der Waals surface area contributed by atoms with E-state index in [1.54, 1.807) is 18.4 Å². The molecule has 2 fully saturated rings. The maximum atomic E-state index is 12.7. The maximum absolute atomic E-state index is 12.7. The van der Waals surface area contributed by atoms with Crippen molar-refractivity contribution in [1.29, 1.82) is 0 Å². The minimum Gasteiger partial charge on any atom is -0.472 e. The molecule has 0 aliphatic carbocycles. The molecule has 6 heteroatoms. The van der Waals surface area contributed by atoms with Crippen molar-refractivity contribution in [2.75, 3.05) is 39.3 Å². The molecule has 0 radical (unpaired) electrons. The molecule has 1 aromatic heterocycles. The fourth-order valence-corrected chi connectivity index (χ4v) is 4.05. The normalized spacial score (nSPS) is 22.0. The number of benzene rings is 1. The zero-order chi connectivity index (χ0) is 17.9. The summed E-state index contributed by atoms with van der Waals surface area (Å²) in [7, 11) is 0. The standard InChI is InChI=1S/C20H24ClN3O2/c21-18-3-1-17(2-4-18)20(25)24-7-5-19(14-24)23-10-8-22(9-11-23)13-16-6-12-26-15-16/h1-4,6,12,15,19H,5,7-11,13-14H2. The van der Waals surface area contributed by atoms with E-state index in [0.29, 0.717) is 11.1 Å². The molecular weight excluding hydrogens is 350 g/mol. The second-order valence-electron chi connectivity index (χ2n) is 7.14. The smallest absolute Gasteiger partial charge is 0.253 e. The van der Waals surface area contributed by atoms with E-state index in [1.807, 2.05) is 29.4 Å². The van der Waals surface area contributed by atoms with Crippen molar-refractivity contribution in [3.8, 4) is 0 Å². The molecule has 1 aromatic carbocycles. The van der Waals surface area contributed by atoms with Crippen molar-refractivity contribution >= 4 is 17.5 Å². The van der Waals surface area contributed by atoms with Crippen molar-refractivity contribution in [2.24, 2.45) is 0 Å². The highest BCUT2D eigenvalue weighted by Gasteiger charge is 2.32. The molecule has 138 valence electrons. The number of halogens is 1. The van der Waals surface area contributed by atoms with Gasteiger partial charge in [-0.05, 0) is 36.8 Å². The van der Waals surface area contributed by atoms with Gasteiger partial charge in [-0.25, -0.2) is 0 Å². The molecule has 1 amide bonds. The highest BCUT2D eigenvalue weighted by atomic mass is 35.5. The molecular formula is C20H24ClN3O2. The van der Waals surface area contributed by atoms with Gasteiger partial charge < -0.3 is 9.32 Å². The van der Waals surface area contributed by atoms with Crippen molar-refractivity contribution in [3.63, 3.8) is 0 Å². The summed E-state index contributed by atoms with van der Waals surface area (Å²) in [6, 6.07) is 9.69. The topological polar surface area (TPSA) is 39.9 Å². The molecule has 0 bridgehead atoms. The Morgan fingerprint density at radius 2 is 1.85 bits per heavy atom. The molecule has 5 nitrogen and oxygen atoms in total. The third-order valence-electron chi connectivity index (χ3n) is 5.45. The van der Waals surface area contributed by atoms with Gasteiger partial charge in [-0.15, -0.1) is 0 Å². The number of furan rings is 1. The van der Waals surface area contributed by atoms with E-state index in [9.17, 15) is 4.79 Å². The Morgan fingerprint density at radius 1 is 1.08 bits per heavy atom. The van der Waals surface area contributed by atoms with Crippen LogP contribution in [0.15, 0.2) is 47.3 Å². The van der Waals surface area contributed by atoms with Crippen LogP contribution < -0.4 is 0 Å². The molecule has 0 N–H and O–H groups in total. The molecule has 2 saturated heterocycles. The first kappa shape index (κ1) is 17.6. The quantitative estimate of drug-likeness (QED) is 0.826. The molecule has 4 rings (SSSR count). The number of nitrogens with zero attached hydrogens (tertiary/aromatic N) is 3. The predicted octanol–water partition coefficient (Wildman–Crippen LogP) is 2.97. The zero-order valence-corrected chi connectivity index (χ0v) is 15.6. The molecule has 2 aliphatic heterocycles. The fraction of sp³-hybridized carbons (Fsp3) is 0.450. The van der Waals surface area contributed by atoms with E-state index in [0.717, 1.165) is 57.8 Å². The van der Waals surface area contributed by atoms with Gasteiger partial charge in [0.15, 0.2) is 0 Å². The Morgan fingerprint density at radius 3 is 2.54 bits per heavy atom. The van der Waals surface area contributed by atoms with Crippen LogP contribution in [0.2, 0.25) is 5.02 Å². The van der Waals surface area contributed by atoms with Crippen LogP contribution in [-0.4, -0.2) is 65.9 Å². The maximum Gasteiger partial charge on any atom is 0.253 e. The Bertz CT molecular complexity index is 724. The summed E-state index contributed by atoms with van der Waals surface area (Å²) >= 11 is 5.92. The number of rotatable bonds is 4. The van der Waals surface area contributed by atoms with E-state index in [1.165, 1.54) is 5.56 Å². The summed E-state index contributed by atoms with van der Waals surface area (Å²) in [5, 5.41) is 0.661. The first-order valence-corrected chi connectivity index (χ1v) is 9.59. The second kappa shape index (κ2) is 7.82. The number of carbonyl (C=O) groups is 1. The lowest BCUT2D eigenvalue weighted by molar-refractivity contribution is 0.0734. The molecule has 26 heavy (non-hydrogen) atoms. The van der Waals surface area contributed by atoms with Crippen LogP contribution in [0.4, 0.5) is 0 Å². The van der Waals surface area contributed by atoms with Crippen LogP contribution in [0.25, 0.3) is 0 Å². The van der Waals surface area contributed by atoms with Crippen molar-refractivity contribution in [2.45, 2.75) is 19.0 Å². The Hall–Kier alpha value is -1.82. The van der Waals surface area contributed by atoms with Gasteiger partial charge in [-0.3, -0.25) is 14.6 Å². The van der Waals surface area contributed by atoms with Gasteiger partial charge in [0.05, 0.1) is 12.5 Å². The lowest BCUT2D eigenvalue weighted by Gasteiger charge is -2.37. The summed E-state index contributed by atoms with van der Waals surface area (Å²) in [6.45, 7) is 6.86. The van der Waals surface area contributed by atoms with Gasteiger partial charge in [-0.1, -0.05) is 11.6 Å². The van der Waals surface area contributed by atoms with Gasteiger partial charge in [0, 0.05) is 68.0 Å². The van der Waals surface area contributed by atoms with Crippen LogP contribution in [0.3, 0.4) is 0 Å². The highest BCUT2D eigenvalue weighted by molar-refractivity contribution is 6.30. The van der Waals surface area contributed by atoms with E-state index >= 15 is 0 Å². The lowest BCUT2D eigenvalue weighted by atomic mass is 10.1. The number of hydrogen-bond donors (Lipinski definition) is 0. The average Bonchev–Trinajstić information content (AvgIpc) is 3.34. The first-order chi connectivity index (χ1) is 12.7. The predicted molar refractivity (Wildman–Crippen MR) is 101 cm³/mol. The SMILES string of the molecule is O=C(c1ccc(Cl)cc1)N1CCC(N2CCN(Cc3ccoc3)CC2)C1. The van der Waals surface area contributed by atoms with E-state index < -0.39 is 0 Å². The number of carbonyl (C=O) groups excluding carboxylic acids is 1. The highest BCUT2D eigenvalue weighted by Crippen LogP contribution is 2.21. The zero-order valence-electron chi connectivity index (χ0n) is 14.8. The van der Waals surface area contributed by atoms with Crippen LogP contribution in [0, 0.1) is 0 Å². The van der Waals surface area contributed by atoms with E-state index in [4.69, 9.17) is 16.0 Å². The largest absolute Gasteiger partial charge is 0.472 e. The molecule has 3 heterocycles. The van der Waals surface area contributed by atoms with Gasteiger partial charge in [0.2, 0.25) is 0 Å². The summed E-state index contributed by atoms with van der Waals surface area (Å²) in [6.07, 6.45) is 4.61. The number of hydrogen-bond acceptors (Lipinski definition) is 4. The van der Waals surface area contributed by atoms with Gasteiger partial charge in [0.25, 0.3) is 5.91 Å². The summed E-state index contributed by atoms with van der Waals surface area (Å²) < 4.78 is 5.15. The van der Waals surface area contributed by atoms with Crippen molar-refractivity contribution < 1.29 is 9.21 Å². The molecule has 0 saturated carbocycles. The van der Waals surface area contributed by atoms with E-state index in [2.05, 4.69) is 9.80 Å². The second-order valence-corrected chi connectivity index (χ2v) is 7.58. The third kappa shape index (κ3) is 3.95. The monoisotopic (exact) mass is 373 g/mol. The number of amides is 1. The molecule has 2 aliphatic rings. The molecule has 0 spiro atoms. The Kier molecular flexibility index (Phi) is 5.29. The van der Waals surface area contributed by atoms with Gasteiger partial charge in [-0.2, -0.15) is 0 Å². The molecule has 1 atom stereocenters. The van der Waals surface area contributed by atoms with Gasteiger partial charge in [0.1, 0.15) is 0 Å². The average molecular weight is 374 g/mol. The van der Waals surface area contributed by atoms with Gasteiger partial charge >= 0.3 is 0 Å². The number of piperazine rings is 1. The van der Waals surface area contributed by atoms with E-state index in [-0.39, 0.29) is 5.91 Å². The minimum absolute atomic E-state index is 0.114. The number of likely N-dealkylation sites (tertiary alicyclic amines) is 1. The van der Waals surface area contributed by atoms with Crippen LogP contribution in [0.1, 0.15) is 22.3 Å². The summed E-state index contributed by atoms with van der Waals surface area (Å²) in [5.41, 5.74) is 1.96. The molecule has 1 unspecified atom stereocenters. The summed E-state index contributed by atoms with van der Waals surface area (Å²) in [5.74, 6) is 0.114. The Balaban J connectivity index is 1.28. The Labute approximate surface area is 159 Å². The molecule has 2 aromatic rings. The van der Waals surface area contributed by atoms with Crippen LogP contribution >= 0.6 is 11.6 Å². The van der Waals surface area contributed by atoms with Crippen molar-refractivity contribution in [1.82, 2.24) is 14.7 Å². The van der Waals surface area contributed by atoms with Crippen LogP contribution in [0.5, 0.6) is 0 Å². The lowest BCUT2D eigenvalue weighted by Crippen LogP contribution is -2.50. The fourth-order valence-electron chi connectivity index (χ4n) is 3.93. The van der Waals surface area contributed by atoms with Crippen molar-refractivity contribution in [3.05, 3.63) is 59.0 Å². The third-order valence-corrected chi connectivity index (χ3v) is 5.70.